The molecule has 0 radical (unpaired) electrons. The van der Waals surface area contributed by atoms with E-state index in [-0.39, 0.29) is 11.8 Å². The topological polar surface area (TPSA) is 58.2 Å². The molecule has 2 amide bonds. The Bertz CT molecular complexity index is 706. The molecule has 0 bridgehead atoms. The van der Waals surface area contributed by atoms with Gasteiger partial charge in [0.2, 0.25) is 11.8 Å². The largest absolute Gasteiger partial charge is 0.353 e. The van der Waals surface area contributed by atoms with Crippen molar-refractivity contribution >= 4 is 17.5 Å². The molecular formula is C21H24N2O2. The highest BCUT2D eigenvalue weighted by molar-refractivity contribution is 5.90. The first-order valence-electron chi connectivity index (χ1n) is 8.91. The number of carbonyl (C=O) groups excluding carboxylic acids is 2. The van der Waals surface area contributed by atoms with Gasteiger partial charge in [0.25, 0.3) is 0 Å². The summed E-state index contributed by atoms with van der Waals surface area (Å²) in [6.07, 6.45) is 4.82. The summed E-state index contributed by atoms with van der Waals surface area (Å²) in [4.78, 5) is 23.8. The zero-order chi connectivity index (χ0) is 17.5. The molecule has 0 aliphatic heterocycles. The SMILES string of the molecule is O=C(CCCc1ccccc1)Nc1ccc(CC(=O)NC2CC2)cc1. The van der Waals surface area contributed by atoms with Crippen molar-refractivity contribution in [3.05, 3.63) is 65.7 Å². The van der Waals surface area contributed by atoms with Gasteiger partial charge in [0.05, 0.1) is 6.42 Å². The minimum atomic E-state index is 0.0233. The van der Waals surface area contributed by atoms with E-state index in [1.807, 2.05) is 42.5 Å². The Morgan fingerprint density at radius 1 is 0.880 bits per heavy atom. The highest BCUT2D eigenvalue weighted by Gasteiger charge is 2.22. The summed E-state index contributed by atoms with van der Waals surface area (Å²) < 4.78 is 0. The van der Waals surface area contributed by atoms with Crippen molar-refractivity contribution in [2.45, 2.75) is 44.6 Å². The van der Waals surface area contributed by atoms with Crippen molar-refractivity contribution in [2.24, 2.45) is 0 Å². The molecule has 0 unspecified atom stereocenters. The molecule has 1 aliphatic rings. The van der Waals surface area contributed by atoms with Crippen LogP contribution >= 0.6 is 0 Å². The Labute approximate surface area is 148 Å². The Hall–Kier alpha value is -2.62. The van der Waals surface area contributed by atoms with E-state index in [1.54, 1.807) is 0 Å². The Morgan fingerprint density at radius 2 is 1.60 bits per heavy atom. The van der Waals surface area contributed by atoms with E-state index in [1.165, 1.54) is 5.56 Å². The van der Waals surface area contributed by atoms with Crippen molar-refractivity contribution < 1.29 is 9.59 Å². The molecule has 3 rings (SSSR count). The fourth-order valence-corrected chi connectivity index (χ4v) is 2.72. The molecule has 4 heteroatoms. The number of hydrogen-bond donors (Lipinski definition) is 2. The minimum Gasteiger partial charge on any atom is -0.353 e. The maximum atomic E-state index is 12.0. The van der Waals surface area contributed by atoms with Crippen molar-refractivity contribution in [3.63, 3.8) is 0 Å². The predicted octanol–water partition coefficient (Wildman–Crippen LogP) is 3.47. The first-order chi connectivity index (χ1) is 12.2. The van der Waals surface area contributed by atoms with E-state index in [0.717, 1.165) is 36.9 Å². The summed E-state index contributed by atoms with van der Waals surface area (Å²) in [7, 11) is 0. The lowest BCUT2D eigenvalue weighted by Gasteiger charge is -2.07. The zero-order valence-electron chi connectivity index (χ0n) is 14.3. The lowest BCUT2D eigenvalue weighted by molar-refractivity contribution is -0.120. The fraction of sp³-hybridized carbons (Fsp3) is 0.333. The van der Waals surface area contributed by atoms with Crippen LogP contribution in [0.5, 0.6) is 0 Å². The van der Waals surface area contributed by atoms with E-state index >= 15 is 0 Å². The van der Waals surface area contributed by atoms with Crippen LogP contribution in [0.25, 0.3) is 0 Å². The molecule has 0 atom stereocenters. The van der Waals surface area contributed by atoms with Crippen molar-refractivity contribution in [3.8, 4) is 0 Å². The number of benzene rings is 2. The smallest absolute Gasteiger partial charge is 0.224 e. The summed E-state index contributed by atoms with van der Waals surface area (Å²) in [5.74, 6) is 0.0929. The van der Waals surface area contributed by atoms with Gasteiger partial charge in [-0.25, -0.2) is 0 Å². The monoisotopic (exact) mass is 336 g/mol. The quantitative estimate of drug-likeness (QED) is 0.775. The van der Waals surface area contributed by atoms with Crippen LogP contribution in [0.2, 0.25) is 0 Å². The molecule has 4 nitrogen and oxygen atoms in total. The lowest BCUT2D eigenvalue weighted by Crippen LogP contribution is -2.26. The molecule has 2 N–H and O–H groups in total. The number of rotatable bonds is 8. The first-order valence-corrected chi connectivity index (χ1v) is 8.91. The van der Waals surface area contributed by atoms with E-state index < -0.39 is 0 Å². The van der Waals surface area contributed by atoms with Gasteiger partial charge in [0, 0.05) is 18.2 Å². The predicted molar refractivity (Wildman–Crippen MR) is 99.3 cm³/mol. The molecule has 0 spiro atoms. The van der Waals surface area contributed by atoms with Crippen LogP contribution in [0.3, 0.4) is 0 Å². The van der Waals surface area contributed by atoms with Gasteiger partial charge in [-0.15, -0.1) is 0 Å². The second kappa shape index (κ2) is 8.47. The van der Waals surface area contributed by atoms with Gasteiger partial charge in [-0.2, -0.15) is 0 Å². The minimum absolute atomic E-state index is 0.0233. The van der Waals surface area contributed by atoms with Crippen LogP contribution in [-0.4, -0.2) is 17.9 Å². The van der Waals surface area contributed by atoms with Crippen LogP contribution in [-0.2, 0) is 22.4 Å². The van der Waals surface area contributed by atoms with Gasteiger partial charge in [0.15, 0.2) is 0 Å². The third-order valence-electron chi connectivity index (χ3n) is 4.26. The van der Waals surface area contributed by atoms with Gasteiger partial charge in [-0.05, 0) is 48.9 Å². The van der Waals surface area contributed by atoms with Crippen LogP contribution in [0, 0.1) is 0 Å². The molecule has 2 aromatic carbocycles. The maximum absolute atomic E-state index is 12.0. The molecule has 0 heterocycles. The van der Waals surface area contributed by atoms with E-state index in [2.05, 4.69) is 22.8 Å². The summed E-state index contributed by atoms with van der Waals surface area (Å²) in [6, 6.07) is 18.1. The normalized spacial score (nSPS) is 13.3. The molecule has 0 saturated heterocycles. The molecule has 130 valence electrons. The number of hydrogen-bond acceptors (Lipinski definition) is 2. The van der Waals surface area contributed by atoms with Gasteiger partial charge in [-0.1, -0.05) is 42.5 Å². The summed E-state index contributed by atoms with van der Waals surface area (Å²) >= 11 is 0. The second-order valence-corrected chi connectivity index (χ2v) is 6.60. The summed E-state index contributed by atoms with van der Waals surface area (Å²) in [5.41, 5.74) is 2.99. The van der Waals surface area contributed by atoms with Gasteiger partial charge in [-0.3, -0.25) is 9.59 Å². The number of anilines is 1. The number of carbonyl (C=O) groups is 2. The summed E-state index contributed by atoms with van der Waals surface area (Å²) in [5, 5.41) is 5.89. The first kappa shape index (κ1) is 17.2. The highest BCUT2D eigenvalue weighted by Crippen LogP contribution is 2.19. The Kier molecular flexibility index (Phi) is 5.83. The number of nitrogens with one attached hydrogen (secondary N) is 2. The molecule has 2 aromatic rings. The van der Waals surface area contributed by atoms with Crippen LogP contribution in [0.1, 0.15) is 36.8 Å². The van der Waals surface area contributed by atoms with Crippen LogP contribution in [0.4, 0.5) is 5.69 Å². The van der Waals surface area contributed by atoms with Gasteiger partial charge in [0.1, 0.15) is 0 Å². The number of aryl methyl sites for hydroxylation is 1. The molecule has 25 heavy (non-hydrogen) atoms. The standard InChI is InChI=1S/C21H24N2O2/c24-20(8-4-7-16-5-2-1-3-6-16)22-18-11-9-17(10-12-18)15-21(25)23-19-13-14-19/h1-3,5-6,9-12,19H,4,7-8,13-15H2,(H,22,24)(H,23,25). The highest BCUT2D eigenvalue weighted by atomic mass is 16.2. The third-order valence-corrected chi connectivity index (χ3v) is 4.26. The molecule has 1 fully saturated rings. The van der Waals surface area contributed by atoms with Gasteiger partial charge < -0.3 is 10.6 Å². The van der Waals surface area contributed by atoms with E-state index in [9.17, 15) is 9.59 Å². The lowest BCUT2D eigenvalue weighted by atomic mass is 10.1. The van der Waals surface area contributed by atoms with Gasteiger partial charge >= 0.3 is 0 Å². The van der Waals surface area contributed by atoms with Crippen molar-refractivity contribution in [2.75, 3.05) is 5.32 Å². The van der Waals surface area contributed by atoms with Crippen LogP contribution < -0.4 is 10.6 Å². The molecule has 1 aliphatic carbocycles. The average Bonchev–Trinajstić information content (AvgIpc) is 3.41. The molecule has 0 aromatic heterocycles. The fourth-order valence-electron chi connectivity index (χ4n) is 2.72. The van der Waals surface area contributed by atoms with Crippen molar-refractivity contribution in [1.82, 2.24) is 5.32 Å². The average molecular weight is 336 g/mol. The Balaban J connectivity index is 1.39. The number of amides is 2. The second-order valence-electron chi connectivity index (χ2n) is 6.60. The van der Waals surface area contributed by atoms with E-state index in [0.29, 0.717) is 18.9 Å². The summed E-state index contributed by atoms with van der Waals surface area (Å²) in [6.45, 7) is 0. The van der Waals surface area contributed by atoms with E-state index in [4.69, 9.17) is 0 Å². The molecule has 1 saturated carbocycles. The Morgan fingerprint density at radius 3 is 2.28 bits per heavy atom. The zero-order valence-corrected chi connectivity index (χ0v) is 14.3. The third kappa shape index (κ3) is 6.07. The maximum Gasteiger partial charge on any atom is 0.224 e. The van der Waals surface area contributed by atoms with Crippen LogP contribution in [0.15, 0.2) is 54.6 Å². The molecular weight excluding hydrogens is 312 g/mol. The van der Waals surface area contributed by atoms with Crippen molar-refractivity contribution in [1.29, 1.82) is 0 Å².